The Balaban J connectivity index is 2.20. The molecule has 1 saturated heterocycles. The third-order valence-electron chi connectivity index (χ3n) is 3.02. The fourth-order valence-electron chi connectivity index (χ4n) is 2.22. The Labute approximate surface area is 97.9 Å². The first-order valence-electron chi connectivity index (χ1n) is 5.39. The van der Waals surface area contributed by atoms with Crippen LogP contribution in [0.1, 0.15) is 28.7 Å². The van der Waals surface area contributed by atoms with Crippen molar-refractivity contribution < 1.29 is 4.79 Å². The lowest BCUT2D eigenvalue weighted by molar-refractivity contribution is 0.111. The van der Waals surface area contributed by atoms with Gasteiger partial charge in [0.05, 0.1) is 17.4 Å². The Bertz CT molecular complexity index is 529. The van der Waals surface area contributed by atoms with E-state index in [9.17, 15) is 4.79 Å². The number of rotatable bonds is 2. The summed E-state index contributed by atoms with van der Waals surface area (Å²) < 4.78 is 1.99. The first-order valence-corrected chi connectivity index (χ1v) is 6.55. The first kappa shape index (κ1) is 9.90. The van der Waals surface area contributed by atoms with Crippen molar-refractivity contribution in [3.8, 4) is 0 Å². The lowest BCUT2D eigenvalue weighted by Gasteiger charge is -2.08. The predicted molar refractivity (Wildman–Crippen MR) is 65.3 cm³/mol. The minimum absolute atomic E-state index is 0.494. The zero-order chi connectivity index (χ0) is 11.0. The monoisotopic (exact) mass is 232 g/mol. The minimum atomic E-state index is 0.494. The molecule has 16 heavy (non-hydrogen) atoms. The molecule has 1 atom stereocenters. The molecule has 0 aliphatic carbocycles. The van der Waals surface area contributed by atoms with Gasteiger partial charge in [-0.05, 0) is 24.3 Å². The minimum Gasteiger partial charge on any atom is -0.296 e. The number of imidazole rings is 1. The van der Waals surface area contributed by atoms with Crippen LogP contribution in [0.15, 0.2) is 24.4 Å². The van der Waals surface area contributed by atoms with Crippen LogP contribution in [0, 0.1) is 0 Å². The average molecular weight is 232 g/mol. The summed E-state index contributed by atoms with van der Waals surface area (Å²) in [6.45, 7) is 0. The Morgan fingerprint density at radius 3 is 3.19 bits per heavy atom. The lowest BCUT2D eigenvalue weighted by atomic mass is 10.1. The van der Waals surface area contributed by atoms with E-state index < -0.39 is 0 Å². The molecule has 2 aromatic heterocycles. The van der Waals surface area contributed by atoms with Gasteiger partial charge in [-0.15, -0.1) is 0 Å². The van der Waals surface area contributed by atoms with Crippen molar-refractivity contribution >= 4 is 23.6 Å². The van der Waals surface area contributed by atoms with Gasteiger partial charge in [-0.3, -0.25) is 9.20 Å². The normalized spacial score (nSPS) is 20.4. The van der Waals surface area contributed by atoms with Gasteiger partial charge in [-0.25, -0.2) is 4.98 Å². The van der Waals surface area contributed by atoms with Crippen LogP contribution in [0.25, 0.3) is 5.52 Å². The van der Waals surface area contributed by atoms with E-state index in [0.717, 1.165) is 29.8 Å². The molecule has 0 spiro atoms. The number of carbonyl (C=O) groups is 1. The van der Waals surface area contributed by atoms with Crippen molar-refractivity contribution in [1.29, 1.82) is 0 Å². The van der Waals surface area contributed by atoms with Crippen molar-refractivity contribution in [2.75, 3.05) is 11.5 Å². The number of hydrogen-bond donors (Lipinski definition) is 0. The Morgan fingerprint density at radius 1 is 1.50 bits per heavy atom. The zero-order valence-corrected chi connectivity index (χ0v) is 9.61. The second-order valence-corrected chi connectivity index (χ2v) is 5.16. The van der Waals surface area contributed by atoms with Crippen molar-refractivity contribution in [3.05, 3.63) is 35.9 Å². The highest BCUT2D eigenvalue weighted by Crippen LogP contribution is 2.32. The van der Waals surface area contributed by atoms with E-state index in [2.05, 4.69) is 4.98 Å². The smallest absolute Gasteiger partial charge is 0.166 e. The van der Waals surface area contributed by atoms with Crippen LogP contribution in [0.3, 0.4) is 0 Å². The van der Waals surface area contributed by atoms with Crippen LogP contribution in [-0.4, -0.2) is 27.2 Å². The molecule has 2 aromatic rings. The molecule has 3 nitrogen and oxygen atoms in total. The van der Waals surface area contributed by atoms with E-state index in [1.165, 1.54) is 5.75 Å². The molecule has 3 heterocycles. The molecule has 1 unspecified atom stereocenters. The van der Waals surface area contributed by atoms with Crippen molar-refractivity contribution in [2.45, 2.75) is 12.3 Å². The highest BCUT2D eigenvalue weighted by molar-refractivity contribution is 7.99. The predicted octanol–water partition coefficient (Wildman–Crippen LogP) is 2.37. The standard InChI is InChI=1S/C12H12N2OS/c15-7-11-3-1-2-10-6-13-12(14(10)11)9-4-5-16-8-9/h1-3,6-7,9H,4-5,8H2. The van der Waals surface area contributed by atoms with E-state index in [1.807, 2.05) is 40.6 Å². The summed E-state index contributed by atoms with van der Waals surface area (Å²) >= 11 is 1.96. The number of nitrogens with zero attached hydrogens (tertiary/aromatic N) is 2. The van der Waals surface area contributed by atoms with Gasteiger partial charge >= 0.3 is 0 Å². The molecule has 0 aromatic carbocycles. The highest BCUT2D eigenvalue weighted by Gasteiger charge is 2.22. The van der Waals surface area contributed by atoms with Crippen molar-refractivity contribution in [1.82, 2.24) is 9.38 Å². The topological polar surface area (TPSA) is 34.4 Å². The zero-order valence-electron chi connectivity index (χ0n) is 8.80. The molecule has 1 aliphatic rings. The Morgan fingerprint density at radius 2 is 2.44 bits per heavy atom. The molecule has 4 heteroatoms. The van der Waals surface area contributed by atoms with Gasteiger partial charge in [0.15, 0.2) is 6.29 Å². The number of aldehydes is 1. The third-order valence-corrected chi connectivity index (χ3v) is 4.19. The second-order valence-electron chi connectivity index (χ2n) is 4.01. The first-order chi connectivity index (χ1) is 7.90. The summed E-state index contributed by atoms with van der Waals surface area (Å²) in [5.41, 5.74) is 1.71. The van der Waals surface area contributed by atoms with E-state index >= 15 is 0 Å². The fourth-order valence-corrected chi connectivity index (χ4v) is 3.43. The Kier molecular flexibility index (Phi) is 2.44. The van der Waals surface area contributed by atoms with Gasteiger partial charge in [0.25, 0.3) is 0 Å². The second kappa shape index (κ2) is 3.94. The van der Waals surface area contributed by atoms with Gasteiger partial charge in [0.1, 0.15) is 5.82 Å². The van der Waals surface area contributed by atoms with Crippen LogP contribution >= 0.6 is 11.8 Å². The molecular weight excluding hydrogens is 220 g/mol. The number of carbonyl (C=O) groups excluding carboxylic acids is 1. The summed E-state index contributed by atoms with van der Waals surface area (Å²) in [6.07, 6.45) is 3.92. The molecule has 0 radical (unpaired) electrons. The maximum atomic E-state index is 11.0. The molecule has 0 amide bonds. The maximum Gasteiger partial charge on any atom is 0.166 e. The maximum absolute atomic E-state index is 11.0. The van der Waals surface area contributed by atoms with E-state index in [0.29, 0.717) is 11.6 Å². The summed E-state index contributed by atoms with van der Waals surface area (Å²) in [5, 5.41) is 0. The Hall–Kier alpha value is -1.29. The number of fused-ring (bicyclic) bond motifs is 1. The third kappa shape index (κ3) is 1.45. The van der Waals surface area contributed by atoms with Gasteiger partial charge < -0.3 is 0 Å². The van der Waals surface area contributed by atoms with Gasteiger partial charge in [0, 0.05) is 11.7 Å². The molecule has 1 fully saturated rings. The fraction of sp³-hybridized carbons (Fsp3) is 0.333. The summed E-state index contributed by atoms with van der Waals surface area (Å²) in [7, 11) is 0. The van der Waals surface area contributed by atoms with Crippen molar-refractivity contribution in [2.24, 2.45) is 0 Å². The van der Waals surface area contributed by atoms with Crippen LogP contribution in [0.4, 0.5) is 0 Å². The van der Waals surface area contributed by atoms with Crippen LogP contribution in [0.2, 0.25) is 0 Å². The van der Waals surface area contributed by atoms with Gasteiger partial charge in [-0.2, -0.15) is 11.8 Å². The quantitative estimate of drug-likeness (QED) is 0.745. The largest absolute Gasteiger partial charge is 0.296 e. The lowest BCUT2D eigenvalue weighted by Crippen LogP contribution is -2.06. The summed E-state index contributed by atoms with van der Waals surface area (Å²) in [6, 6.07) is 5.73. The summed E-state index contributed by atoms with van der Waals surface area (Å²) in [5.74, 6) is 3.85. The van der Waals surface area contributed by atoms with Crippen LogP contribution in [0.5, 0.6) is 0 Å². The van der Waals surface area contributed by atoms with E-state index in [-0.39, 0.29) is 0 Å². The highest BCUT2D eigenvalue weighted by atomic mass is 32.2. The molecule has 1 aliphatic heterocycles. The number of hydrogen-bond acceptors (Lipinski definition) is 3. The molecular formula is C12H12N2OS. The van der Waals surface area contributed by atoms with Gasteiger partial charge in [-0.1, -0.05) is 6.07 Å². The molecule has 0 bridgehead atoms. The van der Waals surface area contributed by atoms with E-state index in [1.54, 1.807) is 0 Å². The number of aromatic nitrogens is 2. The van der Waals surface area contributed by atoms with Crippen LogP contribution in [-0.2, 0) is 0 Å². The number of pyridine rings is 1. The molecule has 82 valence electrons. The van der Waals surface area contributed by atoms with E-state index in [4.69, 9.17) is 0 Å². The van der Waals surface area contributed by atoms with Crippen molar-refractivity contribution in [3.63, 3.8) is 0 Å². The molecule has 0 saturated carbocycles. The van der Waals surface area contributed by atoms with Gasteiger partial charge in [0.2, 0.25) is 0 Å². The average Bonchev–Trinajstić information content (AvgIpc) is 2.96. The molecule has 0 N–H and O–H groups in total. The number of thioether (sulfide) groups is 1. The molecule has 3 rings (SSSR count). The SMILES string of the molecule is O=Cc1cccc2cnc(C3CCSC3)n12. The van der Waals surface area contributed by atoms with Crippen LogP contribution < -0.4 is 0 Å². The summed E-state index contributed by atoms with van der Waals surface area (Å²) in [4.78, 5) is 15.5.